The lowest BCUT2D eigenvalue weighted by Crippen LogP contribution is -2.41. The third kappa shape index (κ3) is 4.53. The van der Waals surface area contributed by atoms with Gasteiger partial charge in [0.1, 0.15) is 17.6 Å². The Labute approximate surface area is 204 Å². The van der Waals surface area contributed by atoms with Gasteiger partial charge in [-0.3, -0.25) is 4.79 Å². The molecule has 0 saturated heterocycles. The van der Waals surface area contributed by atoms with Gasteiger partial charge in [-0.2, -0.15) is 0 Å². The van der Waals surface area contributed by atoms with Crippen LogP contribution in [0.5, 0.6) is 5.75 Å². The minimum absolute atomic E-state index is 0.0291. The number of nitrogens with zero attached hydrogens (tertiary/aromatic N) is 2. The molecule has 0 radical (unpaired) electrons. The summed E-state index contributed by atoms with van der Waals surface area (Å²) in [7, 11) is 1.64. The van der Waals surface area contributed by atoms with Crippen LogP contribution in [0.2, 0.25) is 5.02 Å². The lowest BCUT2D eigenvalue weighted by molar-refractivity contribution is -0.124. The second kappa shape index (κ2) is 9.90. The fourth-order valence-electron chi connectivity index (χ4n) is 4.86. The Kier molecular flexibility index (Phi) is 6.54. The maximum Gasteiger partial charge on any atom is 0.248 e. The van der Waals surface area contributed by atoms with Crippen LogP contribution < -0.4 is 10.1 Å². The molecule has 5 nitrogen and oxygen atoms in total. The van der Waals surface area contributed by atoms with Crippen LogP contribution in [0, 0.1) is 0 Å². The highest BCUT2D eigenvalue weighted by molar-refractivity contribution is 6.30. The third-order valence-electron chi connectivity index (χ3n) is 6.57. The smallest absolute Gasteiger partial charge is 0.248 e. The normalized spacial score (nSPS) is 15.2. The van der Waals surface area contributed by atoms with E-state index in [1.54, 1.807) is 7.11 Å². The van der Waals surface area contributed by atoms with E-state index < -0.39 is 6.04 Å². The largest absolute Gasteiger partial charge is 0.497 e. The van der Waals surface area contributed by atoms with Crippen molar-refractivity contribution in [2.24, 2.45) is 0 Å². The van der Waals surface area contributed by atoms with Gasteiger partial charge in [0.15, 0.2) is 0 Å². The number of hydrogen-bond acceptors (Lipinski definition) is 3. The molecule has 0 bridgehead atoms. The predicted molar refractivity (Wildman–Crippen MR) is 136 cm³/mol. The number of imidazole rings is 1. The zero-order valence-corrected chi connectivity index (χ0v) is 20.0. The number of fused-ring (bicyclic) bond motifs is 1. The van der Waals surface area contributed by atoms with Crippen molar-refractivity contribution < 1.29 is 9.53 Å². The number of benzene rings is 3. The molecule has 1 fully saturated rings. The number of nitrogens with one attached hydrogen (secondary N) is 1. The first-order valence-electron chi connectivity index (χ1n) is 11.8. The maximum absolute atomic E-state index is 14.0. The molecule has 0 aliphatic heterocycles. The molecule has 1 atom stereocenters. The SMILES string of the molecule is COc1cccc(C(C(=O)NC2CCCCC2)n2c(-c3ccc(Cl)cc3)nc3ccccc32)c1. The molecule has 1 aliphatic carbocycles. The van der Waals surface area contributed by atoms with Gasteiger partial charge in [-0.05, 0) is 66.9 Å². The summed E-state index contributed by atoms with van der Waals surface area (Å²) >= 11 is 6.16. The van der Waals surface area contributed by atoms with Gasteiger partial charge >= 0.3 is 0 Å². The summed E-state index contributed by atoms with van der Waals surface area (Å²) in [6.07, 6.45) is 5.58. The van der Waals surface area contributed by atoms with E-state index >= 15 is 0 Å². The van der Waals surface area contributed by atoms with Crippen molar-refractivity contribution >= 4 is 28.5 Å². The van der Waals surface area contributed by atoms with Gasteiger partial charge in [-0.15, -0.1) is 0 Å². The molecule has 1 unspecified atom stereocenters. The summed E-state index contributed by atoms with van der Waals surface area (Å²) in [4.78, 5) is 18.9. The highest BCUT2D eigenvalue weighted by Crippen LogP contribution is 2.34. The van der Waals surface area contributed by atoms with Crippen LogP contribution >= 0.6 is 11.6 Å². The molecule has 1 amide bonds. The van der Waals surface area contributed by atoms with Gasteiger partial charge in [0.2, 0.25) is 5.91 Å². The quantitative estimate of drug-likeness (QED) is 0.352. The maximum atomic E-state index is 14.0. The van der Waals surface area contributed by atoms with E-state index in [0.29, 0.717) is 10.8 Å². The fraction of sp³-hybridized carbons (Fsp3) is 0.286. The van der Waals surface area contributed by atoms with Crippen molar-refractivity contribution in [1.82, 2.24) is 14.9 Å². The average molecular weight is 474 g/mol. The number of para-hydroxylation sites is 2. The van der Waals surface area contributed by atoms with Crippen LogP contribution in [-0.2, 0) is 4.79 Å². The summed E-state index contributed by atoms with van der Waals surface area (Å²) in [5.74, 6) is 1.41. The number of carbonyl (C=O) groups excluding carboxylic acids is 1. The lowest BCUT2D eigenvalue weighted by Gasteiger charge is -2.27. The topological polar surface area (TPSA) is 56.1 Å². The van der Waals surface area contributed by atoms with E-state index in [-0.39, 0.29) is 11.9 Å². The van der Waals surface area contributed by atoms with Crippen molar-refractivity contribution in [2.75, 3.05) is 7.11 Å². The number of hydrogen-bond donors (Lipinski definition) is 1. The first-order valence-corrected chi connectivity index (χ1v) is 12.2. The van der Waals surface area contributed by atoms with Crippen molar-refractivity contribution in [3.05, 3.63) is 83.4 Å². The van der Waals surface area contributed by atoms with Crippen molar-refractivity contribution in [1.29, 1.82) is 0 Å². The highest BCUT2D eigenvalue weighted by atomic mass is 35.5. The van der Waals surface area contributed by atoms with Crippen molar-refractivity contribution in [3.8, 4) is 17.1 Å². The van der Waals surface area contributed by atoms with Crippen LogP contribution in [0.15, 0.2) is 72.8 Å². The molecule has 34 heavy (non-hydrogen) atoms. The molecule has 1 heterocycles. The van der Waals surface area contributed by atoms with Gasteiger partial charge in [0.05, 0.1) is 18.1 Å². The third-order valence-corrected chi connectivity index (χ3v) is 6.82. The van der Waals surface area contributed by atoms with E-state index in [0.717, 1.165) is 53.7 Å². The summed E-state index contributed by atoms with van der Waals surface area (Å²) in [6.45, 7) is 0. The molecule has 4 aromatic rings. The van der Waals surface area contributed by atoms with Gasteiger partial charge in [0, 0.05) is 16.6 Å². The van der Waals surface area contributed by atoms with Crippen molar-refractivity contribution in [2.45, 2.75) is 44.2 Å². The average Bonchev–Trinajstić information content (AvgIpc) is 3.24. The van der Waals surface area contributed by atoms with E-state index in [1.807, 2.05) is 77.4 Å². The number of aromatic nitrogens is 2. The summed E-state index contributed by atoms with van der Waals surface area (Å²) in [5, 5.41) is 4.00. The van der Waals surface area contributed by atoms with Gasteiger partial charge in [-0.1, -0.05) is 55.1 Å². The number of amides is 1. The first kappa shape index (κ1) is 22.5. The summed E-state index contributed by atoms with van der Waals surface area (Å²) < 4.78 is 7.54. The fourth-order valence-corrected chi connectivity index (χ4v) is 4.99. The first-order chi connectivity index (χ1) is 16.6. The molecule has 1 N–H and O–H groups in total. The Hall–Kier alpha value is -3.31. The van der Waals surface area contributed by atoms with E-state index in [1.165, 1.54) is 6.42 Å². The second-order valence-electron chi connectivity index (χ2n) is 8.82. The zero-order valence-electron chi connectivity index (χ0n) is 19.2. The Morgan fingerprint density at radius 3 is 2.56 bits per heavy atom. The van der Waals surface area contributed by atoms with Crippen LogP contribution in [0.1, 0.15) is 43.7 Å². The number of carbonyl (C=O) groups is 1. The van der Waals surface area contributed by atoms with E-state index in [2.05, 4.69) is 5.32 Å². The van der Waals surface area contributed by atoms with Crippen LogP contribution in [0.3, 0.4) is 0 Å². The standard InChI is InChI=1S/C28H28ClN3O2/c1-34-23-11-7-8-20(18-23)26(28(33)30-22-9-3-2-4-10-22)32-25-13-6-5-12-24(25)31-27(32)19-14-16-21(29)17-15-19/h5-8,11-18,22,26H,2-4,9-10H2,1H3,(H,30,33). The lowest BCUT2D eigenvalue weighted by atomic mass is 9.94. The number of rotatable bonds is 6. The predicted octanol–water partition coefficient (Wildman–Crippen LogP) is 6.40. The zero-order chi connectivity index (χ0) is 23.5. The molecule has 1 aromatic heterocycles. The number of ether oxygens (including phenoxy) is 1. The molecular formula is C28H28ClN3O2. The van der Waals surface area contributed by atoms with Crippen LogP contribution in [0.4, 0.5) is 0 Å². The summed E-state index contributed by atoms with van der Waals surface area (Å²) in [5.41, 5.74) is 3.50. The molecule has 1 saturated carbocycles. The Balaban J connectivity index is 1.68. The van der Waals surface area contributed by atoms with Gasteiger partial charge in [-0.25, -0.2) is 4.98 Å². The monoisotopic (exact) mass is 473 g/mol. The molecule has 0 spiro atoms. The molecule has 3 aromatic carbocycles. The Morgan fingerprint density at radius 1 is 1.03 bits per heavy atom. The van der Waals surface area contributed by atoms with Crippen LogP contribution in [0.25, 0.3) is 22.4 Å². The molecular weight excluding hydrogens is 446 g/mol. The van der Waals surface area contributed by atoms with Crippen molar-refractivity contribution in [3.63, 3.8) is 0 Å². The minimum atomic E-state index is -0.602. The van der Waals surface area contributed by atoms with E-state index in [4.69, 9.17) is 21.3 Å². The van der Waals surface area contributed by atoms with Gasteiger partial charge < -0.3 is 14.6 Å². The van der Waals surface area contributed by atoms with E-state index in [9.17, 15) is 4.79 Å². The molecule has 174 valence electrons. The van der Waals surface area contributed by atoms with Crippen LogP contribution in [-0.4, -0.2) is 28.6 Å². The summed E-state index contributed by atoms with van der Waals surface area (Å²) in [6, 6.07) is 22.9. The number of halogens is 1. The number of methoxy groups -OCH3 is 1. The Bertz CT molecular complexity index is 1290. The molecule has 1 aliphatic rings. The second-order valence-corrected chi connectivity index (χ2v) is 9.26. The minimum Gasteiger partial charge on any atom is -0.497 e. The highest BCUT2D eigenvalue weighted by Gasteiger charge is 2.30. The molecule has 5 rings (SSSR count). The Morgan fingerprint density at radius 2 is 1.79 bits per heavy atom. The van der Waals surface area contributed by atoms with Gasteiger partial charge in [0.25, 0.3) is 0 Å². The molecule has 6 heteroatoms.